The van der Waals surface area contributed by atoms with Crippen LogP contribution in [-0.4, -0.2) is 12.5 Å². The minimum absolute atomic E-state index is 0.0132. The predicted octanol–water partition coefficient (Wildman–Crippen LogP) is 4.84. The van der Waals surface area contributed by atoms with Gasteiger partial charge in [0.05, 0.1) is 6.04 Å². The van der Waals surface area contributed by atoms with E-state index in [2.05, 4.69) is 31.3 Å². The van der Waals surface area contributed by atoms with E-state index in [0.717, 1.165) is 23.1 Å². The number of carbonyl (C=O) groups excluding carboxylic acids is 1. The standard InChI is InChI=1S/C24H25NO2/c1-3-19-13-15-21(16-14-19)27-17-23(26)25-24(20-10-5-4-6-11-20)22-12-8-7-9-18(22)2/h4-16,24H,3,17H2,1-2H3,(H,25,26). The number of rotatable bonds is 7. The van der Waals surface area contributed by atoms with Crippen molar-refractivity contribution >= 4 is 5.91 Å². The van der Waals surface area contributed by atoms with Crippen molar-refractivity contribution in [1.82, 2.24) is 5.32 Å². The molecule has 3 aromatic carbocycles. The first-order chi connectivity index (χ1) is 13.2. The van der Waals surface area contributed by atoms with Gasteiger partial charge in [0.25, 0.3) is 5.91 Å². The summed E-state index contributed by atoms with van der Waals surface area (Å²) in [7, 11) is 0. The van der Waals surface area contributed by atoms with Gasteiger partial charge < -0.3 is 10.1 Å². The largest absolute Gasteiger partial charge is 0.484 e. The molecule has 0 radical (unpaired) electrons. The lowest BCUT2D eigenvalue weighted by Crippen LogP contribution is -2.33. The maximum absolute atomic E-state index is 12.6. The zero-order chi connectivity index (χ0) is 19.1. The molecule has 0 spiro atoms. The summed E-state index contributed by atoms with van der Waals surface area (Å²) >= 11 is 0. The first kappa shape index (κ1) is 18.7. The first-order valence-corrected chi connectivity index (χ1v) is 9.29. The van der Waals surface area contributed by atoms with Crippen molar-refractivity contribution in [3.8, 4) is 5.75 Å². The van der Waals surface area contributed by atoms with Crippen LogP contribution in [-0.2, 0) is 11.2 Å². The summed E-state index contributed by atoms with van der Waals surface area (Å²) in [6.07, 6.45) is 0.982. The van der Waals surface area contributed by atoms with Crippen LogP contribution in [0.5, 0.6) is 5.75 Å². The second kappa shape index (κ2) is 9.04. The van der Waals surface area contributed by atoms with Gasteiger partial charge in [-0.15, -0.1) is 0 Å². The highest BCUT2D eigenvalue weighted by atomic mass is 16.5. The molecule has 3 rings (SSSR count). The summed E-state index contributed by atoms with van der Waals surface area (Å²) in [6.45, 7) is 4.16. The third kappa shape index (κ3) is 4.98. The second-order valence-corrected chi connectivity index (χ2v) is 6.55. The van der Waals surface area contributed by atoms with Crippen LogP contribution in [0.1, 0.15) is 35.2 Å². The lowest BCUT2D eigenvalue weighted by atomic mass is 9.95. The number of aryl methyl sites for hydroxylation is 2. The maximum atomic E-state index is 12.6. The summed E-state index contributed by atoms with van der Waals surface area (Å²) in [5.41, 5.74) is 4.52. The Labute approximate surface area is 161 Å². The Morgan fingerprint density at radius 1 is 0.926 bits per heavy atom. The number of hydrogen-bond acceptors (Lipinski definition) is 2. The Balaban J connectivity index is 1.72. The number of benzene rings is 3. The van der Waals surface area contributed by atoms with Crippen LogP contribution >= 0.6 is 0 Å². The lowest BCUT2D eigenvalue weighted by Gasteiger charge is -2.21. The van der Waals surface area contributed by atoms with Gasteiger partial charge in [0.1, 0.15) is 5.75 Å². The van der Waals surface area contributed by atoms with Crippen molar-refractivity contribution in [3.05, 3.63) is 101 Å². The molecule has 0 heterocycles. The molecule has 0 aromatic heterocycles. The van der Waals surface area contributed by atoms with E-state index in [4.69, 9.17) is 4.74 Å². The fourth-order valence-electron chi connectivity index (χ4n) is 3.07. The highest BCUT2D eigenvalue weighted by Crippen LogP contribution is 2.24. The maximum Gasteiger partial charge on any atom is 0.258 e. The molecule has 0 saturated carbocycles. The van der Waals surface area contributed by atoms with Crippen molar-refractivity contribution in [2.75, 3.05) is 6.61 Å². The molecule has 0 bridgehead atoms. The molecule has 0 aliphatic rings. The van der Waals surface area contributed by atoms with Crippen LogP contribution in [0.3, 0.4) is 0 Å². The van der Waals surface area contributed by atoms with Crippen LogP contribution in [0.25, 0.3) is 0 Å². The molecule has 27 heavy (non-hydrogen) atoms. The quantitative estimate of drug-likeness (QED) is 0.655. The van der Waals surface area contributed by atoms with Gasteiger partial charge in [0, 0.05) is 0 Å². The molecule has 0 fully saturated rings. The lowest BCUT2D eigenvalue weighted by molar-refractivity contribution is -0.123. The predicted molar refractivity (Wildman–Crippen MR) is 109 cm³/mol. The van der Waals surface area contributed by atoms with E-state index in [1.807, 2.05) is 66.7 Å². The summed E-state index contributed by atoms with van der Waals surface area (Å²) in [5.74, 6) is 0.557. The fraction of sp³-hybridized carbons (Fsp3) is 0.208. The molecule has 3 nitrogen and oxygen atoms in total. The minimum atomic E-state index is -0.203. The number of carbonyl (C=O) groups is 1. The Hall–Kier alpha value is -3.07. The van der Waals surface area contributed by atoms with E-state index in [-0.39, 0.29) is 18.6 Å². The molecule has 1 unspecified atom stereocenters. The zero-order valence-electron chi connectivity index (χ0n) is 15.8. The smallest absolute Gasteiger partial charge is 0.258 e. The number of ether oxygens (including phenoxy) is 1. The molecule has 1 amide bonds. The van der Waals surface area contributed by atoms with Crippen molar-refractivity contribution < 1.29 is 9.53 Å². The van der Waals surface area contributed by atoms with Crippen LogP contribution in [0, 0.1) is 6.92 Å². The van der Waals surface area contributed by atoms with Crippen LogP contribution in [0.4, 0.5) is 0 Å². The SMILES string of the molecule is CCc1ccc(OCC(=O)NC(c2ccccc2)c2ccccc2C)cc1. The minimum Gasteiger partial charge on any atom is -0.484 e. The van der Waals surface area contributed by atoms with E-state index in [1.54, 1.807) is 0 Å². The molecule has 3 heteroatoms. The molecule has 0 saturated heterocycles. The number of hydrogen-bond donors (Lipinski definition) is 1. The van der Waals surface area contributed by atoms with Gasteiger partial charge in [0.2, 0.25) is 0 Å². The van der Waals surface area contributed by atoms with Crippen molar-refractivity contribution in [1.29, 1.82) is 0 Å². The molecule has 1 atom stereocenters. The fourth-order valence-corrected chi connectivity index (χ4v) is 3.07. The Bertz CT molecular complexity index is 872. The Morgan fingerprint density at radius 3 is 2.26 bits per heavy atom. The Kier molecular flexibility index (Phi) is 6.26. The average molecular weight is 359 g/mol. The summed E-state index contributed by atoms with van der Waals surface area (Å²) in [5, 5.41) is 3.12. The van der Waals surface area contributed by atoms with E-state index >= 15 is 0 Å². The van der Waals surface area contributed by atoms with Crippen molar-refractivity contribution in [2.45, 2.75) is 26.3 Å². The second-order valence-electron chi connectivity index (χ2n) is 6.55. The normalized spacial score (nSPS) is 11.6. The van der Waals surface area contributed by atoms with Gasteiger partial charge >= 0.3 is 0 Å². The van der Waals surface area contributed by atoms with Gasteiger partial charge in [-0.1, -0.05) is 73.7 Å². The summed E-state index contributed by atoms with van der Waals surface area (Å²) in [6, 6.07) is 25.8. The van der Waals surface area contributed by atoms with Crippen LogP contribution < -0.4 is 10.1 Å². The summed E-state index contributed by atoms with van der Waals surface area (Å²) in [4.78, 5) is 12.6. The third-order valence-electron chi connectivity index (χ3n) is 4.64. The van der Waals surface area contributed by atoms with Gasteiger partial charge in [0.15, 0.2) is 6.61 Å². The van der Waals surface area contributed by atoms with Gasteiger partial charge in [-0.2, -0.15) is 0 Å². The number of amides is 1. The third-order valence-corrected chi connectivity index (χ3v) is 4.64. The van der Waals surface area contributed by atoms with Gasteiger partial charge in [-0.25, -0.2) is 0 Å². The molecular formula is C24H25NO2. The highest BCUT2D eigenvalue weighted by Gasteiger charge is 2.18. The van der Waals surface area contributed by atoms with E-state index in [9.17, 15) is 4.79 Å². The van der Waals surface area contributed by atoms with Gasteiger partial charge in [-0.05, 0) is 47.7 Å². The topological polar surface area (TPSA) is 38.3 Å². The van der Waals surface area contributed by atoms with E-state index < -0.39 is 0 Å². The molecule has 0 aliphatic carbocycles. The van der Waals surface area contributed by atoms with Crippen molar-refractivity contribution in [2.24, 2.45) is 0 Å². The van der Waals surface area contributed by atoms with Gasteiger partial charge in [-0.3, -0.25) is 4.79 Å². The highest BCUT2D eigenvalue weighted by molar-refractivity contribution is 5.78. The molecule has 1 N–H and O–H groups in total. The molecule has 0 aliphatic heterocycles. The van der Waals surface area contributed by atoms with E-state index in [0.29, 0.717) is 5.75 Å². The van der Waals surface area contributed by atoms with Crippen LogP contribution in [0.2, 0.25) is 0 Å². The monoisotopic (exact) mass is 359 g/mol. The van der Waals surface area contributed by atoms with E-state index in [1.165, 1.54) is 5.56 Å². The average Bonchev–Trinajstić information content (AvgIpc) is 2.72. The summed E-state index contributed by atoms with van der Waals surface area (Å²) < 4.78 is 5.66. The Morgan fingerprint density at radius 2 is 1.59 bits per heavy atom. The first-order valence-electron chi connectivity index (χ1n) is 9.29. The molecule has 3 aromatic rings. The van der Waals surface area contributed by atoms with Crippen LogP contribution in [0.15, 0.2) is 78.9 Å². The molecular weight excluding hydrogens is 334 g/mol. The molecule has 138 valence electrons. The zero-order valence-corrected chi connectivity index (χ0v) is 15.8. The van der Waals surface area contributed by atoms with Crippen molar-refractivity contribution in [3.63, 3.8) is 0 Å². The number of nitrogens with one attached hydrogen (secondary N) is 1.